The summed E-state index contributed by atoms with van der Waals surface area (Å²) in [5, 5.41) is 7.18. The number of hydrogen-bond donors (Lipinski definition) is 4. The van der Waals surface area contributed by atoms with Crippen molar-refractivity contribution < 1.29 is 33.4 Å². The molecule has 5 atom stereocenters. The second-order valence-corrected chi connectivity index (χ2v) is 16.9. The number of rotatable bonds is 10. The Kier molecular flexibility index (Phi) is 11.5. The van der Waals surface area contributed by atoms with Crippen molar-refractivity contribution in [3.63, 3.8) is 0 Å². The van der Waals surface area contributed by atoms with E-state index in [1.54, 1.807) is 4.90 Å². The minimum atomic E-state index is -0.889. The number of amides is 4. The number of methoxy groups -OCH3 is 1. The first-order valence-electron chi connectivity index (χ1n) is 21.2. The van der Waals surface area contributed by atoms with E-state index in [4.69, 9.17) is 24.2 Å². The number of likely N-dealkylation sites (tertiary alicyclic amines) is 2. The minimum absolute atomic E-state index is 0.0479. The maximum atomic E-state index is 13.7. The first-order valence-corrected chi connectivity index (χ1v) is 21.2. The zero-order valence-electron chi connectivity index (χ0n) is 35.7. The number of alkyl carbamates (subject to hydrolysis) is 2. The van der Waals surface area contributed by atoms with Gasteiger partial charge in [-0.05, 0) is 73.2 Å². The Labute approximate surface area is 354 Å². The van der Waals surface area contributed by atoms with Gasteiger partial charge in [0.1, 0.15) is 29.2 Å². The highest BCUT2D eigenvalue weighted by molar-refractivity contribution is 5.94. The lowest BCUT2D eigenvalue weighted by molar-refractivity contribution is -0.143. The first-order chi connectivity index (χ1) is 29.4. The summed E-state index contributed by atoms with van der Waals surface area (Å²) in [6.07, 6.45) is 4.67. The maximum Gasteiger partial charge on any atom is 0.407 e. The molecule has 61 heavy (non-hydrogen) atoms. The van der Waals surface area contributed by atoms with Crippen molar-refractivity contribution in [1.29, 1.82) is 0 Å². The van der Waals surface area contributed by atoms with E-state index in [2.05, 4.69) is 63.9 Å². The molecule has 320 valence electrons. The van der Waals surface area contributed by atoms with E-state index in [9.17, 15) is 19.2 Å². The molecule has 3 aliphatic heterocycles. The molecule has 0 radical (unpaired) electrons. The number of H-pyrrole nitrogens is 2. The van der Waals surface area contributed by atoms with Crippen LogP contribution in [0.4, 0.5) is 9.59 Å². The molecule has 2 fully saturated rings. The summed E-state index contributed by atoms with van der Waals surface area (Å²) in [6.45, 7) is 10.9. The number of aromatic nitrogens is 4. The molecule has 5 heterocycles. The van der Waals surface area contributed by atoms with Gasteiger partial charge in [0.15, 0.2) is 6.10 Å². The molecular formula is C46H54N8O7. The Morgan fingerprint density at radius 3 is 2.02 bits per heavy atom. The molecule has 2 aromatic heterocycles. The third-order valence-corrected chi connectivity index (χ3v) is 12.4. The molecule has 3 aromatic carbocycles. The van der Waals surface area contributed by atoms with Crippen LogP contribution in [0.25, 0.3) is 33.3 Å². The van der Waals surface area contributed by atoms with Crippen LogP contribution in [0, 0.1) is 11.8 Å². The Balaban J connectivity index is 0.987. The van der Waals surface area contributed by atoms with Gasteiger partial charge in [-0.2, -0.15) is 0 Å². The number of ether oxygens (including phenoxy) is 3. The van der Waals surface area contributed by atoms with Crippen molar-refractivity contribution in [2.75, 3.05) is 27.2 Å². The summed E-state index contributed by atoms with van der Waals surface area (Å²) in [6, 6.07) is 15.5. The van der Waals surface area contributed by atoms with Crippen molar-refractivity contribution in [1.82, 2.24) is 40.4 Å². The average molecular weight is 831 g/mol. The number of carbonyl (C=O) groups is 4. The maximum absolute atomic E-state index is 13.7. The van der Waals surface area contributed by atoms with Crippen LogP contribution in [-0.2, 0) is 19.1 Å². The molecule has 1 unspecified atom stereocenters. The lowest BCUT2D eigenvalue weighted by atomic mass is 9.86. The lowest BCUT2D eigenvalue weighted by Crippen LogP contribution is -2.51. The molecule has 15 heteroatoms. The fourth-order valence-electron chi connectivity index (χ4n) is 8.99. The molecule has 8 rings (SSSR count). The minimum Gasteiger partial charge on any atom is -0.456 e. The van der Waals surface area contributed by atoms with Crippen LogP contribution in [-0.4, -0.2) is 93.1 Å². The van der Waals surface area contributed by atoms with Crippen molar-refractivity contribution in [2.45, 2.75) is 90.4 Å². The standard InChI is InChI=1S/C46H54N8O7/c1-24(2)38(52-46(58)59-7)43(55)53-18-8-10-35(53)41-48-22-33(50-41)28-13-16-31-27(20-28)12-15-30-26(5)32-21-29(14-17-37(32)60-40(30)31)34-23-49-42(51-34)36-11-9-19-54(36)44(56)39(25(3)4)61-45(57)47-6/h12-17,20-26,35-36,38-39H,8-11,18-19H2,1-7H3,(H,47,57)(H,48,50)(H,49,51)(H,52,58)/t26?,35-,36-,38-,39-/m0/s1. The Morgan fingerprint density at radius 2 is 1.41 bits per heavy atom. The third kappa shape index (κ3) is 7.88. The van der Waals surface area contributed by atoms with E-state index in [1.807, 2.05) is 57.1 Å². The van der Waals surface area contributed by atoms with Gasteiger partial charge in [0.25, 0.3) is 5.91 Å². The quantitative estimate of drug-likeness (QED) is 0.108. The molecule has 3 aliphatic rings. The predicted octanol–water partition coefficient (Wildman–Crippen LogP) is 7.97. The van der Waals surface area contributed by atoms with Gasteiger partial charge in [0.2, 0.25) is 5.91 Å². The predicted molar refractivity (Wildman–Crippen MR) is 229 cm³/mol. The third-order valence-electron chi connectivity index (χ3n) is 12.4. The SMILES string of the molecule is CNC(=O)O[C@H](C(=O)N1CCC[C@H]1c1ncc(-c2ccc3c(c2)C(C)c2ccc4cc(-c5cnc([C@@H]6CCCN6C(=O)[C@@H](NC(=O)OC)C(C)C)[nH]5)ccc4c2O3)[nH]1)C(C)C. The monoisotopic (exact) mass is 830 g/mol. The van der Waals surface area contributed by atoms with Crippen LogP contribution < -0.4 is 15.4 Å². The number of aromatic amines is 2. The summed E-state index contributed by atoms with van der Waals surface area (Å²) >= 11 is 0. The highest BCUT2D eigenvalue weighted by Crippen LogP contribution is 2.48. The molecule has 0 bridgehead atoms. The molecule has 5 aromatic rings. The van der Waals surface area contributed by atoms with Crippen molar-refractivity contribution in [2.24, 2.45) is 11.8 Å². The largest absolute Gasteiger partial charge is 0.456 e. The van der Waals surface area contributed by atoms with E-state index in [0.29, 0.717) is 24.7 Å². The number of carbonyl (C=O) groups excluding carboxylic acids is 4. The summed E-state index contributed by atoms with van der Waals surface area (Å²) < 4.78 is 16.9. The molecule has 0 aliphatic carbocycles. The van der Waals surface area contributed by atoms with Gasteiger partial charge in [0, 0.05) is 53.7 Å². The second-order valence-electron chi connectivity index (χ2n) is 16.9. The molecule has 4 amide bonds. The molecule has 2 saturated heterocycles. The van der Waals surface area contributed by atoms with Crippen LogP contribution in [0.5, 0.6) is 11.5 Å². The van der Waals surface area contributed by atoms with Gasteiger partial charge in [-0.1, -0.05) is 52.8 Å². The number of fused-ring (bicyclic) bond motifs is 4. The van der Waals surface area contributed by atoms with Gasteiger partial charge in [-0.3, -0.25) is 9.59 Å². The smallest absolute Gasteiger partial charge is 0.407 e. The van der Waals surface area contributed by atoms with Crippen molar-refractivity contribution in [3.8, 4) is 34.0 Å². The van der Waals surface area contributed by atoms with E-state index < -0.39 is 24.3 Å². The molecule has 0 spiro atoms. The second kappa shape index (κ2) is 16.9. The number of hydrogen-bond acceptors (Lipinski definition) is 9. The van der Waals surface area contributed by atoms with E-state index in [-0.39, 0.29) is 41.7 Å². The number of imidazole rings is 2. The highest BCUT2D eigenvalue weighted by Gasteiger charge is 2.40. The van der Waals surface area contributed by atoms with Gasteiger partial charge in [0.05, 0.1) is 43.0 Å². The average Bonchev–Trinajstić information content (AvgIpc) is 4.11. The van der Waals surface area contributed by atoms with E-state index in [1.165, 1.54) is 14.2 Å². The fraction of sp³-hybridized carbons (Fsp3) is 0.435. The number of nitrogens with one attached hydrogen (secondary N) is 4. The normalized spacial score (nSPS) is 19.3. The molecule has 15 nitrogen and oxygen atoms in total. The first kappa shape index (κ1) is 41.4. The topological polar surface area (TPSA) is 184 Å². The van der Waals surface area contributed by atoms with Crippen LogP contribution in [0.2, 0.25) is 0 Å². The zero-order valence-corrected chi connectivity index (χ0v) is 35.7. The Hall–Kier alpha value is -6.38. The van der Waals surface area contributed by atoms with Gasteiger partial charge < -0.3 is 44.6 Å². The zero-order chi connectivity index (χ0) is 43.1. The molecular weight excluding hydrogens is 777 g/mol. The van der Waals surface area contributed by atoms with Gasteiger partial charge >= 0.3 is 12.2 Å². The van der Waals surface area contributed by atoms with Crippen molar-refractivity contribution in [3.05, 3.63) is 83.7 Å². The van der Waals surface area contributed by atoms with Gasteiger partial charge in [-0.15, -0.1) is 0 Å². The molecule has 4 N–H and O–H groups in total. The summed E-state index contributed by atoms with van der Waals surface area (Å²) in [5.41, 5.74) is 5.76. The van der Waals surface area contributed by atoms with Crippen LogP contribution in [0.1, 0.15) is 101 Å². The van der Waals surface area contributed by atoms with E-state index in [0.717, 1.165) is 81.6 Å². The van der Waals surface area contributed by atoms with Crippen LogP contribution in [0.15, 0.2) is 60.9 Å². The summed E-state index contributed by atoms with van der Waals surface area (Å²) in [4.78, 5) is 71.4. The highest BCUT2D eigenvalue weighted by atomic mass is 16.6. The van der Waals surface area contributed by atoms with E-state index >= 15 is 0 Å². The lowest BCUT2D eigenvalue weighted by Gasteiger charge is -2.30. The Morgan fingerprint density at radius 1 is 0.787 bits per heavy atom. The van der Waals surface area contributed by atoms with Gasteiger partial charge in [-0.25, -0.2) is 19.6 Å². The summed E-state index contributed by atoms with van der Waals surface area (Å²) in [5.74, 6) is 2.42. The van der Waals surface area contributed by atoms with Crippen LogP contribution in [0.3, 0.4) is 0 Å². The summed E-state index contributed by atoms with van der Waals surface area (Å²) in [7, 11) is 2.77. The fourth-order valence-corrected chi connectivity index (χ4v) is 8.99. The number of benzene rings is 3. The molecule has 0 saturated carbocycles. The number of nitrogens with zero attached hydrogens (tertiary/aromatic N) is 4. The van der Waals surface area contributed by atoms with Crippen molar-refractivity contribution >= 4 is 34.8 Å². The van der Waals surface area contributed by atoms with Crippen LogP contribution >= 0.6 is 0 Å². The Bertz CT molecular complexity index is 2470.